The van der Waals surface area contributed by atoms with E-state index in [9.17, 15) is 18.0 Å². The molecule has 1 atom stereocenters. The maximum Gasteiger partial charge on any atom is 0.338 e. The fourth-order valence-electron chi connectivity index (χ4n) is 3.50. The molecule has 9 heteroatoms. The second-order valence-electron chi connectivity index (χ2n) is 7.15. The lowest BCUT2D eigenvalue weighted by atomic mass is 10.00. The third-order valence-corrected chi connectivity index (χ3v) is 7.42. The van der Waals surface area contributed by atoms with Crippen molar-refractivity contribution in [2.24, 2.45) is 0 Å². The molecule has 1 amide bonds. The van der Waals surface area contributed by atoms with Gasteiger partial charge in [0.15, 0.2) is 6.61 Å². The quantitative estimate of drug-likeness (QED) is 0.624. The number of ether oxygens (including phenoxy) is 1. The summed E-state index contributed by atoms with van der Waals surface area (Å²) in [5, 5.41) is 1.87. The van der Waals surface area contributed by atoms with Gasteiger partial charge in [0.05, 0.1) is 10.5 Å². The molecule has 0 radical (unpaired) electrons. The molecule has 1 unspecified atom stereocenters. The van der Waals surface area contributed by atoms with Crippen LogP contribution in [-0.4, -0.2) is 44.4 Å². The normalized spacial score (nSPS) is 17.0. The minimum absolute atomic E-state index is 0.0260. The molecule has 1 saturated heterocycles. The minimum Gasteiger partial charge on any atom is -0.452 e. The van der Waals surface area contributed by atoms with Gasteiger partial charge in [-0.25, -0.2) is 17.9 Å². The van der Waals surface area contributed by atoms with Crippen LogP contribution in [0.15, 0.2) is 46.7 Å². The highest BCUT2D eigenvalue weighted by Crippen LogP contribution is 2.20. The smallest absolute Gasteiger partial charge is 0.338 e. The molecule has 0 spiro atoms. The van der Waals surface area contributed by atoms with Crippen LogP contribution < -0.4 is 4.72 Å². The van der Waals surface area contributed by atoms with E-state index in [1.165, 1.54) is 35.6 Å². The molecule has 2 aromatic rings. The maximum atomic E-state index is 12.5. The summed E-state index contributed by atoms with van der Waals surface area (Å²) >= 11 is 1.45. The topological polar surface area (TPSA) is 92.8 Å². The van der Waals surface area contributed by atoms with Gasteiger partial charge in [-0.05, 0) is 55.3 Å². The van der Waals surface area contributed by atoms with Crippen molar-refractivity contribution in [3.8, 4) is 0 Å². The molecular weight excluding hydrogens is 424 g/mol. The van der Waals surface area contributed by atoms with E-state index in [-0.39, 0.29) is 35.6 Å². The largest absolute Gasteiger partial charge is 0.452 e. The second kappa shape index (κ2) is 10.2. The molecule has 1 aromatic heterocycles. The maximum absolute atomic E-state index is 12.5. The Balaban J connectivity index is 1.60. The molecule has 1 fully saturated rings. The van der Waals surface area contributed by atoms with Gasteiger partial charge in [-0.1, -0.05) is 19.1 Å². The van der Waals surface area contributed by atoms with Crippen LogP contribution in [0.2, 0.25) is 0 Å². The number of piperidine rings is 1. The molecule has 1 N–H and O–H groups in total. The molecule has 0 saturated carbocycles. The van der Waals surface area contributed by atoms with E-state index < -0.39 is 16.0 Å². The van der Waals surface area contributed by atoms with E-state index in [1.807, 2.05) is 24.4 Å². The third-order valence-electron chi connectivity index (χ3n) is 5.14. The number of likely N-dealkylation sites (tertiary alicyclic amines) is 1. The zero-order valence-electron chi connectivity index (χ0n) is 16.9. The fraction of sp³-hybridized carbons (Fsp3) is 0.429. The van der Waals surface area contributed by atoms with Crippen molar-refractivity contribution in [2.75, 3.05) is 13.2 Å². The summed E-state index contributed by atoms with van der Waals surface area (Å²) in [5.74, 6) is -0.931. The Kier molecular flexibility index (Phi) is 7.63. The van der Waals surface area contributed by atoms with Crippen LogP contribution in [0, 0.1) is 0 Å². The first-order valence-corrected chi connectivity index (χ1v) is 12.4. The first kappa shape index (κ1) is 22.5. The number of nitrogens with one attached hydrogen (secondary N) is 1. The standard InChI is InChI=1S/C21H26N2O5S2/c1-2-17-8-3-4-11-23(17)20(24)15-28-21(25)16-7-5-10-19(13-16)30(26,27)22-14-18-9-6-12-29-18/h5-7,9-10,12-13,17,22H,2-4,8,11,14-15H2,1H3. The van der Waals surface area contributed by atoms with Crippen LogP contribution in [-0.2, 0) is 26.1 Å². The van der Waals surface area contributed by atoms with E-state index >= 15 is 0 Å². The molecular formula is C21H26N2O5S2. The molecule has 1 aliphatic rings. The first-order valence-electron chi connectivity index (χ1n) is 9.99. The van der Waals surface area contributed by atoms with Gasteiger partial charge in [0, 0.05) is 24.0 Å². The molecule has 3 rings (SSSR count). The summed E-state index contributed by atoms with van der Waals surface area (Å²) in [6.45, 7) is 2.56. The van der Waals surface area contributed by atoms with Crippen molar-refractivity contribution >= 4 is 33.2 Å². The van der Waals surface area contributed by atoms with Gasteiger partial charge in [0.25, 0.3) is 5.91 Å². The third kappa shape index (κ3) is 5.68. The molecule has 0 bridgehead atoms. The van der Waals surface area contributed by atoms with E-state index in [1.54, 1.807) is 4.90 Å². The Morgan fingerprint density at radius 1 is 1.23 bits per heavy atom. The van der Waals surface area contributed by atoms with Gasteiger partial charge in [0.1, 0.15) is 0 Å². The van der Waals surface area contributed by atoms with E-state index in [4.69, 9.17) is 4.74 Å². The molecule has 1 aromatic carbocycles. The second-order valence-corrected chi connectivity index (χ2v) is 9.95. The van der Waals surface area contributed by atoms with Crippen LogP contribution in [0.5, 0.6) is 0 Å². The van der Waals surface area contributed by atoms with Crippen molar-refractivity contribution < 1.29 is 22.7 Å². The van der Waals surface area contributed by atoms with Gasteiger partial charge < -0.3 is 9.64 Å². The number of hydrogen-bond donors (Lipinski definition) is 1. The predicted molar refractivity (Wildman–Crippen MR) is 115 cm³/mol. The first-order chi connectivity index (χ1) is 14.4. The Morgan fingerprint density at radius 3 is 2.80 bits per heavy atom. The summed E-state index contributed by atoms with van der Waals surface area (Å²) in [4.78, 5) is 27.5. The number of rotatable bonds is 8. The number of carbonyl (C=O) groups is 2. The Hall–Kier alpha value is -2.23. The minimum atomic E-state index is -3.78. The van der Waals surface area contributed by atoms with E-state index in [2.05, 4.69) is 4.72 Å². The van der Waals surface area contributed by atoms with Crippen molar-refractivity contribution in [1.29, 1.82) is 0 Å². The van der Waals surface area contributed by atoms with E-state index in [0.717, 1.165) is 30.6 Å². The Morgan fingerprint density at radius 2 is 2.07 bits per heavy atom. The number of nitrogens with zero attached hydrogens (tertiary/aromatic N) is 1. The average Bonchev–Trinajstić information content (AvgIpc) is 3.30. The van der Waals surface area contributed by atoms with E-state index in [0.29, 0.717) is 6.54 Å². The summed E-state index contributed by atoms with van der Waals surface area (Å²) in [5.41, 5.74) is 0.0903. The van der Waals surface area contributed by atoms with Crippen LogP contribution in [0.3, 0.4) is 0 Å². The SMILES string of the molecule is CCC1CCCCN1C(=O)COC(=O)c1cccc(S(=O)(=O)NCc2cccs2)c1. The van der Waals surface area contributed by atoms with Gasteiger partial charge in [0.2, 0.25) is 10.0 Å². The molecule has 30 heavy (non-hydrogen) atoms. The molecule has 7 nitrogen and oxygen atoms in total. The number of amides is 1. The highest BCUT2D eigenvalue weighted by atomic mass is 32.2. The van der Waals surface area contributed by atoms with Gasteiger partial charge >= 0.3 is 5.97 Å². The zero-order chi connectivity index (χ0) is 21.6. The molecule has 162 valence electrons. The average molecular weight is 451 g/mol. The molecule has 0 aliphatic carbocycles. The lowest BCUT2D eigenvalue weighted by Gasteiger charge is -2.35. The van der Waals surface area contributed by atoms with Crippen molar-refractivity contribution in [2.45, 2.75) is 50.1 Å². The Labute approximate surface area is 181 Å². The summed E-state index contributed by atoms with van der Waals surface area (Å²) < 4.78 is 32.7. The molecule has 2 heterocycles. The number of carbonyl (C=O) groups excluding carboxylic acids is 2. The number of thiophene rings is 1. The van der Waals surface area contributed by atoms with Crippen molar-refractivity contribution in [3.63, 3.8) is 0 Å². The zero-order valence-corrected chi connectivity index (χ0v) is 18.5. The lowest BCUT2D eigenvalue weighted by molar-refractivity contribution is -0.138. The highest BCUT2D eigenvalue weighted by molar-refractivity contribution is 7.89. The van der Waals surface area contributed by atoms with Crippen LogP contribution in [0.4, 0.5) is 0 Å². The monoisotopic (exact) mass is 450 g/mol. The number of sulfonamides is 1. The van der Waals surface area contributed by atoms with Gasteiger partial charge in [-0.2, -0.15) is 0 Å². The summed E-state index contributed by atoms with van der Waals surface area (Å²) in [7, 11) is -3.78. The van der Waals surface area contributed by atoms with Crippen molar-refractivity contribution in [3.05, 3.63) is 52.2 Å². The number of benzene rings is 1. The summed E-state index contributed by atoms with van der Waals surface area (Å²) in [6, 6.07) is 9.50. The van der Waals surface area contributed by atoms with Crippen LogP contribution in [0.1, 0.15) is 47.8 Å². The van der Waals surface area contributed by atoms with Gasteiger partial charge in [-0.3, -0.25) is 4.79 Å². The number of hydrogen-bond acceptors (Lipinski definition) is 6. The lowest BCUT2D eigenvalue weighted by Crippen LogP contribution is -2.45. The highest BCUT2D eigenvalue weighted by Gasteiger charge is 2.26. The predicted octanol–water partition coefficient (Wildman–Crippen LogP) is 3.17. The fourth-order valence-corrected chi connectivity index (χ4v) is 5.29. The Bertz CT molecular complexity index is 973. The van der Waals surface area contributed by atoms with Gasteiger partial charge in [-0.15, -0.1) is 11.3 Å². The van der Waals surface area contributed by atoms with Crippen LogP contribution in [0.25, 0.3) is 0 Å². The number of esters is 1. The van der Waals surface area contributed by atoms with Crippen LogP contribution >= 0.6 is 11.3 Å². The summed E-state index contributed by atoms with van der Waals surface area (Å²) in [6.07, 6.45) is 3.89. The van der Waals surface area contributed by atoms with Crippen molar-refractivity contribution in [1.82, 2.24) is 9.62 Å². The molecule has 1 aliphatic heterocycles.